The van der Waals surface area contributed by atoms with Crippen LogP contribution in [0.15, 0.2) is 29.1 Å². The molecule has 3 rings (SSSR count). The van der Waals surface area contributed by atoms with Crippen molar-refractivity contribution < 1.29 is 4.74 Å². The van der Waals surface area contributed by atoms with E-state index in [9.17, 15) is 0 Å². The number of nitrogens with zero attached hydrogens (tertiary/aromatic N) is 3. The van der Waals surface area contributed by atoms with Crippen molar-refractivity contribution in [1.29, 1.82) is 0 Å². The van der Waals surface area contributed by atoms with E-state index < -0.39 is 0 Å². The minimum atomic E-state index is -0.155. The summed E-state index contributed by atoms with van der Waals surface area (Å²) in [7, 11) is 1.66. The molecular weight excluding hydrogens is 306 g/mol. The minimum Gasteiger partial charge on any atom is -0.494 e. The zero-order chi connectivity index (χ0) is 14.8. The van der Waals surface area contributed by atoms with Crippen molar-refractivity contribution in [2.24, 2.45) is 0 Å². The molecule has 1 atom stereocenters. The van der Waals surface area contributed by atoms with Gasteiger partial charge >= 0.3 is 0 Å². The summed E-state index contributed by atoms with van der Waals surface area (Å²) < 4.78 is 7.56. The van der Waals surface area contributed by atoms with E-state index in [4.69, 9.17) is 16.3 Å². The van der Waals surface area contributed by atoms with Crippen molar-refractivity contribution in [3.63, 3.8) is 0 Å². The molecule has 1 aromatic carbocycles. The number of benzene rings is 1. The number of thiazole rings is 1. The van der Waals surface area contributed by atoms with Gasteiger partial charge in [-0.15, -0.1) is 22.9 Å². The van der Waals surface area contributed by atoms with Gasteiger partial charge < -0.3 is 9.30 Å². The summed E-state index contributed by atoms with van der Waals surface area (Å²) in [6, 6.07) is 5.95. The van der Waals surface area contributed by atoms with Crippen LogP contribution in [0.1, 0.15) is 23.8 Å². The number of hydrogen-bond donors (Lipinski definition) is 0. The quantitative estimate of drug-likeness (QED) is 0.666. The molecule has 21 heavy (non-hydrogen) atoms. The van der Waals surface area contributed by atoms with Crippen LogP contribution in [0.4, 0.5) is 0 Å². The molecule has 2 heterocycles. The van der Waals surface area contributed by atoms with E-state index in [0.717, 1.165) is 41.3 Å². The largest absolute Gasteiger partial charge is 0.494 e. The Morgan fingerprint density at radius 3 is 2.95 bits per heavy atom. The Kier molecular flexibility index (Phi) is 4.12. The van der Waals surface area contributed by atoms with Crippen LogP contribution >= 0.6 is 22.9 Å². The van der Waals surface area contributed by atoms with Crippen molar-refractivity contribution >= 4 is 34.0 Å². The molecule has 0 spiro atoms. The fourth-order valence-corrected chi connectivity index (χ4v) is 3.19. The van der Waals surface area contributed by atoms with E-state index in [2.05, 4.69) is 26.0 Å². The number of hydrogen-bond acceptors (Lipinski definition) is 4. The molecule has 0 aliphatic carbocycles. The van der Waals surface area contributed by atoms with Gasteiger partial charge in [-0.25, -0.2) is 9.97 Å². The molecule has 1 unspecified atom stereocenters. The van der Waals surface area contributed by atoms with E-state index in [1.165, 1.54) is 0 Å². The predicted octanol–water partition coefficient (Wildman–Crippen LogP) is 4.04. The van der Waals surface area contributed by atoms with Gasteiger partial charge in [0.2, 0.25) is 0 Å². The molecule has 0 aliphatic rings. The van der Waals surface area contributed by atoms with Crippen molar-refractivity contribution in [3.05, 3.63) is 40.6 Å². The van der Waals surface area contributed by atoms with E-state index in [-0.39, 0.29) is 5.38 Å². The van der Waals surface area contributed by atoms with E-state index in [0.29, 0.717) is 0 Å². The first-order valence-corrected chi connectivity index (χ1v) is 8.13. The van der Waals surface area contributed by atoms with Gasteiger partial charge in [-0.2, -0.15) is 0 Å². The summed E-state index contributed by atoms with van der Waals surface area (Å²) in [4.78, 5) is 9.00. The first-order valence-electron chi connectivity index (χ1n) is 6.75. The number of alkyl halides is 1. The Labute approximate surface area is 132 Å². The normalized spacial score (nSPS) is 12.7. The second kappa shape index (κ2) is 6.03. The standard InChI is InChI=1S/C15H16ClN3OS/c1-10(16)15-18-14-12(4-3-5-13(14)20-2)19(15)7-6-11-8-21-9-17-11/h3-5,8-10H,6-7H2,1-2H3. The maximum atomic E-state index is 6.30. The predicted molar refractivity (Wildman–Crippen MR) is 86.4 cm³/mol. The third-order valence-corrected chi connectivity index (χ3v) is 4.25. The first kappa shape index (κ1) is 14.4. The van der Waals surface area contributed by atoms with Gasteiger partial charge in [-0.1, -0.05) is 6.07 Å². The lowest BCUT2D eigenvalue weighted by Crippen LogP contribution is -2.07. The number of para-hydroxylation sites is 1. The van der Waals surface area contributed by atoms with Crippen LogP contribution < -0.4 is 4.74 Å². The molecule has 3 aromatic rings. The second-order valence-corrected chi connectivity index (χ2v) is 6.17. The van der Waals surface area contributed by atoms with E-state index >= 15 is 0 Å². The Hall–Kier alpha value is -1.59. The summed E-state index contributed by atoms with van der Waals surface area (Å²) in [5.74, 6) is 1.64. The lowest BCUT2D eigenvalue weighted by atomic mass is 10.2. The number of fused-ring (bicyclic) bond motifs is 1. The Bertz CT molecular complexity index is 737. The monoisotopic (exact) mass is 321 g/mol. The van der Waals surface area contributed by atoms with E-state index in [1.54, 1.807) is 18.4 Å². The minimum absolute atomic E-state index is 0.155. The van der Waals surface area contributed by atoms with Crippen molar-refractivity contribution in [3.8, 4) is 5.75 Å². The van der Waals surface area contributed by atoms with Crippen LogP contribution in [0.25, 0.3) is 11.0 Å². The summed E-state index contributed by atoms with van der Waals surface area (Å²) in [6.07, 6.45) is 0.864. The third-order valence-electron chi connectivity index (χ3n) is 3.42. The molecule has 0 bridgehead atoms. The van der Waals surface area contributed by atoms with Crippen LogP contribution in [-0.4, -0.2) is 21.6 Å². The van der Waals surface area contributed by atoms with Crippen LogP contribution in [0.5, 0.6) is 5.75 Å². The molecule has 0 amide bonds. The zero-order valence-corrected chi connectivity index (χ0v) is 13.5. The fourth-order valence-electron chi connectivity index (χ4n) is 2.43. The molecule has 0 fully saturated rings. The van der Waals surface area contributed by atoms with Gasteiger partial charge in [0.15, 0.2) is 0 Å². The lowest BCUT2D eigenvalue weighted by Gasteiger charge is -2.09. The molecule has 2 aromatic heterocycles. The van der Waals surface area contributed by atoms with Gasteiger partial charge in [0.25, 0.3) is 0 Å². The molecule has 0 radical (unpaired) electrons. The highest BCUT2D eigenvalue weighted by Crippen LogP contribution is 2.30. The average molecular weight is 322 g/mol. The average Bonchev–Trinajstić information content (AvgIpc) is 3.11. The molecule has 0 aliphatic heterocycles. The topological polar surface area (TPSA) is 39.9 Å². The molecule has 6 heteroatoms. The summed E-state index contributed by atoms with van der Waals surface area (Å²) in [5.41, 5.74) is 4.86. The number of imidazole rings is 1. The second-order valence-electron chi connectivity index (χ2n) is 4.80. The highest BCUT2D eigenvalue weighted by atomic mass is 35.5. The highest BCUT2D eigenvalue weighted by molar-refractivity contribution is 7.07. The van der Waals surface area contributed by atoms with Gasteiger partial charge in [0, 0.05) is 18.3 Å². The number of ether oxygens (including phenoxy) is 1. The molecule has 4 nitrogen and oxygen atoms in total. The first-order chi connectivity index (χ1) is 10.2. The molecule has 0 saturated carbocycles. The van der Waals surface area contributed by atoms with Crippen LogP contribution in [0.2, 0.25) is 0 Å². The summed E-state index contributed by atoms with van der Waals surface area (Å²) >= 11 is 7.91. The number of rotatable bonds is 5. The number of methoxy groups -OCH3 is 1. The number of halogens is 1. The Balaban J connectivity index is 2.03. The Morgan fingerprint density at radius 2 is 2.29 bits per heavy atom. The van der Waals surface area contributed by atoms with Crippen LogP contribution in [0, 0.1) is 0 Å². The van der Waals surface area contributed by atoms with Crippen molar-refractivity contribution in [2.45, 2.75) is 25.3 Å². The van der Waals surface area contributed by atoms with E-state index in [1.807, 2.05) is 24.6 Å². The smallest absolute Gasteiger partial charge is 0.146 e. The van der Waals surface area contributed by atoms with Gasteiger partial charge in [0.05, 0.1) is 29.2 Å². The maximum Gasteiger partial charge on any atom is 0.146 e. The van der Waals surface area contributed by atoms with Crippen molar-refractivity contribution in [1.82, 2.24) is 14.5 Å². The molecular formula is C15H16ClN3OS. The number of aromatic nitrogens is 3. The molecule has 0 saturated heterocycles. The van der Waals surface area contributed by atoms with Crippen molar-refractivity contribution in [2.75, 3.05) is 7.11 Å². The SMILES string of the molecule is COc1cccc2c1nc(C(C)Cl)n2CCc1cscn1. The van der Waals surface area contributed by atoms with Gasteiger partial charge in [0.1, 0.15) is 17.1 Å². The van der Waals surface area contributed by atoms with Gasteiger partial charge in [-0.3, -0.25) is 0 Å². The highest BCUT2D eigenvalue weighted by Gasteiger charge is 2.17. The summed E-state index contributed by atoms with van der Waals surface area (Å²) in [5, 5.41) is 1.92. The van der Waals surface area contributed by atoms with Gasteiger partial charge in [-0.05, 0) is 19.1 Å². The zero-order valence-electron chi connectivity index (χ0n) is 11.9. The Morgan fingerprint density at radius 1 is 1.43 bits per heavy atom. The lowest BCUT2D eigenvalue weighted by molar-refractivity contribution is 0.419. The third kappa shape index (κ3) is 2.76. The maximum absolute atomic E-state index is 6.30. The number of aryl methyl sites for hydroxylation is 2. The molecule has 0 N–H and O–H groups in total. The summed E-state index contributed by atoms with van der Waals surface area (Å²) in [6.45, 7) is 2.74. The fraction of sp³-hybridized carbons (Fsp3) is 0.333. The van der Waals surface area contributed by atoms with Crippen LogP contribution in [-0.2, 0) is 13.0 Å². The molecule has 110 valence electrons. The van der Waals surface area contributed by atoms with Crippen LogP contribution in [0.3, 0.4) is 0 Å².